The van der Waals surface area contributed by atoms with Crippen LogP contribution in [0.15, 0.2) is 10.2 Å². The molecule has 0 aliphatic heterocycles. The van der Waals surface area contributed by atoms with Crippen molar-refractivity contribution in [2.45, 2.75) is 106 Å². The molecular formula is C24H42N4O2. The van der Waals surface area contributed by atoms with E-state index in [-0.39, 0.29) is 24.7 Å². The largest absolute Gasteiger partial charge is 0.273 e. The van der Waals surface area contributed by atoms with Gasteiger partial charge in [-0.25, -0.2) is 10.9 Å². The lowest BCUT2D eigenvalue weighted by atomic mass is 9.72. The van der Waals surface area contributed by atoms with Crippen LogP contribution in [0.4, 0.5) is 0 Å². The van der Waals surface area contributed by atoms with Crippen molar-refractivity contribution in [3.8, 4) is 0 Å². The van der Waals surface area contributed by atoms with Gasteiger partial charge in [-0.1, -0.05) is 41.5 Å². The highest BCUT2D eigenvalue weighted by Gasteiger charge is 2.29. The Labute approximate surface area is 182 Å². The van der Waals surface area contributed by atoms with E-state index in [1.165, 1.54) is 0 Å². The number of carbonyl (C=O) groups is 2. The molecule has 0 unspecified atom stereocenters. The van der Waals surface area contributed by atoms with Crippen molar-refractivity contribution < 1.29 is 9.59 Å². The lowest BCUT2D eigenvalue weighted by Crippen LogP contribution is -2.29. The topological polar surface area (TPSA) is 82.9 Å². The summed E-state index contributed by atoms with van der Waals surface area (Å²) in [7, 11) is 0. The quantitative estimate of drug-likeness (QED) is 0.603. The minimum atomic E-state index is -0.214. The molecule has 30 heavy (non-hydrogen) atoms. The molecule has 0 spiro atoms. The predicted molar refractivity (Wildman–Crippen MR) is 123 cm³/mol. The van der Waals surface area contributed by atoms with Crippen molar-refractivity contribution in [1.29, 1.82) is 0 Å². The summed E-state index contributed by atoms with van der Waals surface area (Å²) in [6.45, 7) is 13.7. The first kappa shape index (κ1) is 24.5. The van der Waals surface area contributed by atoms with Gasteiger partial charge in [0.15, 0.2) is 0 Å². The molecule has 6 nitrogen and oxygen atoms in total. The highest BCUT2D eigenvalue weighted by atomic mass is 16.2. The molecule has 0 saturated heterocycles. The van der Waals surface area contributed by atoms with Crippen LogP contribution in [-0.2, 0) is 9.59 Å². The SMILES string of the molecule is CC(C)(C)C1CCC(=NNC(=O)CCC(=O)NN=C2CCC(C(C)(C)C)CC2)CC1. The number of hydrogen-bond acceptors (Lipinski definition) is 4. The highest BCUT2D eigenvalue weighted by Crippen LogP contribution is 2.37. The second-order valence-electron chi connectivity index (χ2n) is 11.2. The number of carbonyl (C=O) groups excluding carboxylic acids is 2. The molecule has 2 saturated carbocycles. The van der Waals surface area contributed by atoms with E-state index < -0.39 is 0 Å². The lowest BCUT2D eigenvalue weighted by Gasteiger charge is -2.34. The number of hydrazone groups is 2. The van der Waals surface area contributed by atoms with Gasteiger partial charge in [0.05, 0.1) is 0 Å². The summed E-state index contributed by atoms with van der Waals surface area (Å²) < 4.78 is 0. The Morgan fingerprint density at radius 2 is 1.00 bits per heavy atom. The molecule has 2 aliphatic carbocycles. The standard InChI is InChI=1S/C24H42N4O2/c1-23(2,3)17-7-11-19(12-8-17)25-27-21(29)15-16-22(30)28-26-20-13-9-18(10-14-20)24(4,5)6/h17-18H,7-16H2,1-6H3,(H,27,29)(H,28,30). The first-order valence-corrected chi connectivity index (χ1v) is 11.6. The number of rotatable bonds is 5. The van der Waals surface area contributed by atoms with E-state index in [1.807, 2.05) is 0 Å². The number of hydrogen-bond donors (Lipinski definition) is 2. The van der Waals surface area contributed by atoms with Crippen molar-refractivity contribution in [3.63, 3.8) is 0 Å². The average molecular weight is 419 g/mol. The normalized spacial score (nSPS) is 23.0. The molecule has 2 aliphatic rings. The third-order valence-corrected chi connectivity index (χ3v) is 6.83. The maximum Gasteiger partial charge on any atom is 0.240 e. The molecule has 0 atom stereocenters. The molecule has 0 heterocycles. The van der Waals surface area contributed by atoms with Gasteiger partial charge in [0, 0.05) is 24.3 Å². The van der Waals surface area contributed by atoms with Crippen LogP contribution in [-0.4, -0.2) is 23.2 Å². The lowest BCUT2D eigenvalue weighted by molar-refractivity contribution is -0.126. The molecule has 0 aromatic carbocycles. The van der Waals surface area contributed by atoms with Gasteiger partial charge in [0.1, 0.15) is 0 Å². The van der Waals surface area contributed by atoms with Crippen LogP contribution in [0.1, 0.15) is 106 Å². The average Bonchev–Trinajstić information content (AvgIpc) is 2.68. The van der Waals surface area contributed by atoms with Crippen LogP contribution in [0.3, 0.4) is 0 Å². The summed E-state index contributed by atoms with van der Waals surface area (Å²) in [6.07, 6.45) is 8.51. The molecule has 6 heteroatoms. The monoisotopic (exact) mass is 418 g/mol. The number of nitrogens with one attached hydrogen (secondary N) is 2. The maximum absolute atomic E-state index is 12.0. The van der Waals surface area contributed by atoms with Gasteiger partial charge in [-0.2, -0.15) is 10.2 Å². The van der Waals surface area contributed by atoms with Crippen LogP contribution < -0.4 is 10.9 Å². The van der Waals surface area contributed by atoms with Crippen LogP contribution in [0.5, 0.6) is 0 Å². The molecule has 2 N–H and O–H groups in total. The van der Waals surface area contributed by atoms with E-state index in [1.54, 1.807) is 0 Å². The van der Waals surface area contributed by atoms with Crippen molar-refractivity contribution in [2.75, 3.05) is 0 Å². The Bertz CT molecular complexity index is 590. The smallest absolute Gasteiger partial charge is 0.240 e. The van der Waals surface area contributed by atoms with E-state index >= 15 is 0 Å². The summed E-state index contributed by atoms with van der Waals surface area (Å²) in [5.74, 6) is 0.991. The molecule has 0 bridgehead atoms. The van der Waals surface area contributed by atoms with Gasteiger partial charge >= 0.3 is 0 Å². The van der Waals surface area contributed by atoms with Crippen LogP contribution in [0.25, 0.3) is 0 Å². The van der Waals surface area contributed by atoms with Crippen LogP contribution in [0.2, 0.25) is 0 Å². The van der Waals surface area contributed by atoms with Gasteiger partial charge in [-0.15, -0.1) is 0 Å². The van der Waals surface area contributed by atoms with Crippen molar-refractivity contribution in [2.24, 2.45) is 32.9 Å². The Hall–Kier alpha value is -1.72. The van der Waals surface area contributed by atoms with Gasteiger partial charge in [0.25, 0.3) is 0 Å². The first-order chi connectivity index (χ1) is 13.9. The van der Waals surface area contributed by atoms with Crippen molar-refractivity contribution >= 4 is 23.2 Å². The Kier molecular flexibility index (Phi) is 8.62. The van der Waals surface area contributed by atoms with E-state index in [9.17, 15) is 9.59 Å². The Balaban J connectivity index is 1.64. The molecule has 0 aromatic heterocycles. The molecule has 0 radical (unpaired) electrons. The van der Waals surface area contributed by atoms with E-state index in [0.717, 1.165) is 62.8 Å². The fraction of sp³-hybridized carbons (Fsp3) is 0.833. The van der Waals surface area contributed by atoms with Gasteiger partial charge in [-0.05, 0) is 74.0 Å². The Morgan fingerprint density at radius 1 is 0.700 bits per heavy atom. The van der Waals surface area contributed by atoms with Gasteiger partial charge in [0.2, 0.25) is 11.8 Å². The summed E-state index contributed by atoms with van der Waals surface area (Å²) in [6, 6.07) is 0. The van der Waals surface area contributed by atoms with E-state index in [4.69, 9.17) is 0 Å². The second-order valence-corrected chi connectivity index (χ2v) is 11.2. The zero-order chi connectivity index (χ0) is 22.4. The van der Waals surface area contributed by atoms with E-state index in [0.29, 0.717) is 22.7 Å². The predicted octanol–water partition coefficient (Wildman–Crippen LogP) is 5.18. The van der Waals surface area contributed by atoms with Crippen LogP contribution >= 0.6 is 0 Å². The third-order valence-electron chi connectivity index (χ3n) is 6.83. The second kappa shape index (κ2) is 10.5. The molecule has 0 aromatic rings. The molecule has 2 amide bonds. The summed E-state index contributed by atoms with van der Waals surface area (Å²) in [5, 5.41) is 8.56. The highest BCUT2D eigenvalue weighted by molar-refractivity contribution is 5.89. The fourth-order valence-corrected chi connectivity index (χ4v) is 4.48. The van der Waals surface area contributed by atoms with E-state index in [2.05, 4.69) is 62.6 Å². The maximum atomic E-state index is 12.0. The minimum Gasteiger partial charge on any atom is -0.273 e. The van der Waals surface area contributed by atoms with Crippen molar-refractivity contribution in [1.82, 2.24) is 10.9 Å². The fourth-order valence-electron chi connectivity index (χ4n) is 4.48. The Morgan fingerprint density at radius 3 is 1.27 bits per heavy atom. The van der Waals surface area contributed by atoms with Crippen molar-refractivity contribution in [3.05, 3.63) is 0 Å². The van der Waals surface area contributed by atoms with Gasteiger partial charge < -0.3 is 0 Å². The zero-order valence-corrected chi connectivity index (χ0v) is 19.9. The van der Waals surface area contributed by atoms with Crippen LogP contribution in [0, 0.1) is 22.7 Å². The zero-order valence-electron chi connectivity index (χ0n) is 19.9. The molecule has 2 fully saturated rings. The number of nitrogens with zero attached hydrogens (tertiary/aromatic N) is 2. The summed E-state index contributed by atoms with van der Waals surface area (Å²) in [5.41, 5.74) is 8.02. The third kappa shape index (κ3) is 8.19. The summed E-state index contributed by atoms with van der Waals surface area (Å²) >= 11 is 0. The van der Waals surface area contributed by atoms with Gasteiger partial charge in [-0.3, -0.25) is 9.59 Å². The summed E-state index contributed by atoms with van der Waals surface area (Å²) in [4.78, 5) is 24.0. The molecular weight excluding hydrogens is 376 g/mol. The minimum absolute atomic E-state index is 0.129. The molecule has 170 valence electrons. The number of amides is 2. The molecule has 2 rings (SSSR count). The first-order valence-electron chi connectivity index (χ1n) is 11.6.